The first-order valence-electron chi connectivity index (χ1n) is 5.36. The van der Waals surface area contributed by atoms with E-state index in [1.165, 1.54) is 30.5 Å². The number of carbonyl (C=O) groups excluding carboxylic acids is 1. The van der Waals surface area contributed by atoms with Crippen molar-refractivity contribution in [2.45, 2.75) is 6.42 Å². The number of amides is 1. The van der Waals surface area contributed by atoms with Gasteiger partial charge in [0.2, 0.25) is 11.5 Å². The zero-order chi connectivity index (χ0) is 13.0. The average Bonchev–Trinajstić information content (AvgIpc) is 2.32. The van der Waals surface area contributed by atoms with Crippen molar-refractivity contribution in [1.82, 2.24) is 4.98 Å². The van der Waals surface area contributed by atoms with E-state index in [9.17, 15) is 14.0 Å². The summed E-state index contributed by atoms with van der Waals surface area (Å²) in [6.07, 6.45) is 1.49. The van der Waals surface area contributed by atoms with Gasteiger partial charge in [-0.15, -0.1) is 0 Å². The van der Waals surface area contributed by atoms with Crippen molar-refractivity contribution < 1.29 is 9.18 Å². The first-order chi connectivity index (χ1) is 8.63. The molecular weight excluding hydrogens is 235 g/mol. The number of H-pyrrole nitrogens is 1. The van der Waals surface area contributed by atoms with Crippen LogP contribution in [0.1, 0.15) is 5.56 Å². The number of rotatable bonds is 3. The third-order valence-electron chi connectivity index (χ3n) is 2.32. The molecule has 18 heavy (non-hydrogen) atoms. The van der Waals surface area contributed by atoms with Crippen LogP contribution in [0.25, 0.3) is 0 Å². The first-order valence-corrected chi connectivity index (χ1v) is 5.36. The molecule has 1 heterocycles. The van der Waals surface area contributed by atoms with Gasteiger partial charge in [-0.2, -0.15) is 0 Å². The number of benzene rings is 1. The number of anilines is 1. The molecule has 0 unspecified atom stereocenters. The van der Waals surface area contributed by atoms with Crippen LogP contribution >= 0.6 is 0 Å². The average molecular weight is 246 g/mol. The minimum absolute atomic E-state index is 0.0802. The van der Waals surface area contributed by atoms with Crippen LogP contribution in [0.2, 0.25) is 0 Å². The lowest BCUT2D eigenvalue weighted by atomic mass is 10.1. The van der Waals surface area contributed by atoms with Gasteiger partial charge in [0.1, 0.15) is 5.82 Å². The molecule has 2 N–H and O–H groups in total. The molecule has 1 amide bonds. The third kappa shape index (κ3) is 3.28. The monoisotopic (exact) mass is 246 g/mol. The molecule has 0 bridgehead atoms. The minimum atomic E-state index is -0.371. The normalized spacial score (nSPS) is 10.1. The minimum Gasteiger partial charge on any atom is -0.327 e. The molecule has 0 aliphatic rings. The van der Waals surface area contributed by atoms with Crippen LogP contribution in [0.15, 0.2) is 47.4 Å². The van der Waals surface area contributed by atoms with Crippen molar-refractivity contribution in [3.05, 3.63) is 64.3 Å². The van der Waals surface area contributed by atoms with E-state index in [1.54, 1.807) is 12.1 Å². The Morgan fingerprint density at radius 3 is 2.78 bits per heavy atom. The lowest BCUT2D eigenvalue weighted by Crippen LogP contribution is -2.15. The zero-order valence-electron chi connectivity index (χ0n) is 9.44. The molecule has 0 aliphatic carbocycles. The zero-order valence-corrected chi connectivity index (χ0v) is 9.44. The molecule has 1 aromatic carbocycles. The van der Waals surface area contributed by atoms with Crippen LogP contribution in [0.5, 0.6) is 0 Å². The summed E-state index contributed by atoms with van der Waals surface area (Å²) in [7, 11) is 0. The summed E-state index contributed by atoms with van der Waals surface area (Å²) in [6, 6.07) is 8.68. The lowest BCUT2D eigenvalue weighted by molar-refractivity contribution is -0.115. The smallest absolute Gasteiger partial charge is 0.248 e. The Kier molecular flexibility index (Phi) is 3.52. The molecule has 92 valence electrons. The lowest BCUT2D eigenvalue weighted by Gasteiger charge is -2.04. The van der Waals surface area contributed by atoms with Crippen LogP contribution in [-0.2, 0) is 11.2 Å². The standard InChI is InChI=1S/C13H11FN2O2/c14-10-3-1-2-9(6-10)7-13(18)16-11-4-5-12(17)15-8-11/h1-6,8H,7H2,(H,15,17)(H,16,18). The van der Waals surface area contributed by atoms with Crippen LogP contribution in [0.3, 0.4) is 0 Å². The molecule has 2 aromatic rings. The van der Waals surface area contributed by atoms with Gasteiger partial charge in [-0.3, -0.25) is 9.59 Å². The summed E-state index contributed by atoms with van der Waals surface area (Å²) >= 11 is 0. The molecule has 0 fully saturated rings. The molecule has 0 aliphatic heterocycles. The molecule has 0 atom stereocenters. The Bertz CT molecular complexity index is 602. The number of pyridine rings is 1. The highest BCUT2D eigenvalue weighted by molar-refractivity contribution is 5.92. The fourth-order valence-corrected chi connectivity index (χ4v) is 1.53. The number of nitrogens with one attached hydrogen (secondary N) is 2. The fourth-order valence-electron chi connectivity index (χ4n) is 1.53. The number of aromatic nitrogens is 1. The SMILES string of the molecule is O=C(Cc1cccc(F)c1)Nc1ccc(=O)[nH]c1. The van der Waals surface area contributed by atoms with Gasteiger partial charge in [-0.05, 0) is 23.8 Å². The highest BCUT2D eigenvalue weighted by Gasteiger charge is 2.04. The van der Waals surface area contributed by atoms with Gasteiger partial charge in [-0.25, -0.2) is 4.39 Å². The van der Waals surface area contributed by atoms with Gasteiger partial charge in [-0.1, -0.05) is 12.1 Å². The maximum Gasteiger partial charge on any atom is 0.248 e. The molecule has 2 rings (SSSR count). The van der Waals surface area contributed by atoms with E-state index >= 15 is 0 Å². The summed E-state index contributed by atoms with van der Waals surface area (Å²) in [6.45, 7) is 0. The van der Waals surface area contributed by atoms with Crippen molar-refractivity contribution in [2.75, 3.05) is 5.32 Å². The van der Waals surface area contributed by atoms with Gasteiger partial charge in [0.15, 0.2) is 0 Å². The topological polar surface area (TPSA) is 62.0 Å². The molecule has 0 spiro atoms. The van der Waals surface area contributed by atoms with E-state index in [1.807, 2.05) is 0 Å². The third-order valence-corrected chi connectivity index (χ3v) is 2.32. The molecular formula is C13H11FN2O2. The second kappa shape index (κ2) is 5.27. The van der Waals surface area contributed by atoms with E-state index < -0.39 is 0 Å². The molecule has 0 saturated carbocycles. The van der Waals surface area contributed by atoms with E-state index in [0.717, 1.165) is 0 Å². The Morgan fingerprint density at radius 2 is 2.11 bits per heavy atom. The molecule has 0 radical (unpaired) electrons. The summed E-state index contributed by atoms with van der Waals surface area (Å²) in [5.41, 5.74) is 0.853. The van der Waals surface area contributed by atoms with Gasteiger partial charge in [0.25, 0.3) is 0 Å². The highest BCUT2D eigenvalue weighted by Crippen LogP contribution is 2.06. The van der Waals surface area contributed by atoms with E-state index in [2.05, 4.69) is 10.3 Å². The van der Waals surface area contributed by atoms with E-state index in [-0.39, 0.29) is 23.7 Å². The Hall–Kier alpha value is -2.43. The van der Waals surface area contributed by atoms with Crippen molar-refractivity contribution >= 4 is 11.6 Å². The number of carbonyl (C=O) groups is 1. The highest BCUT2D eigenvalue weighted by atomic mass is 19.1. The fraction of sp³-hybridized carbons (Fsp3) is 0.0769. The van der Waals surface area contributed by atoms with Crippen molar-refractivity contribution in [1.29, 1.82) is 0 Å². The summed E-state index contributed by atoms with van der Waals surface area (Å²) in [5, 5.41) is 2.61. The quantitative estimate of drug-likeness (QED) is 0.865. The molecule has 5 heteroatoms. The maximum absolute atomic E-state index is 12.9. The van der Waals surface area contributed by atoms with Crippen molar-refractivity contribution in [2.24, 2.45) is 0 Å². The number of halogens is 1. The van der Waals surface area contributed by atoms with Gasteiger partial charge in [0.05, 0.1) is 12.1 Å². The summed E-state index contributed by atoms with van der Waals surface area (Å²) in [4.78, 5) is 24.9. The maximum atomic E-state index is 12.9. The molecule has 0 saturated heterocycles. The Labute approximate surface area is 102 Å². The number of aromatic amines is 1. The van der Waals surface area contributed by atoms with Gasteiger partial charge >= 0.3 is 0 Å². The van der Waals surface area contributed by atoms with Crippen molar-refractivity contribution in [3.63, 3.8) is 0 Å². The van der Waals surface area contributed by atoms with Gasteiger partial charge in [0, 0.05) is 12.3 Å². The molecule has 1 aromatic heterocycles. The predicted molar refractivity (Wildman–Crippen MR) is 65.8 cm³/mol. The first kappa shape index (κ1) is 12.0. The van der Waals surface area contributed by atoms with Gasteiger partial charge < -0.3 is 10.3 Å². The number of hydrogen-bond donors (Lipinski definition) is 2. The van der Waals surface area contributed by atoms with Crippen molar-refractivity contribution in [3.8, 4) is 0 Å². The summed E-state index contributed by atoms with van der Waals surface area (Å²) in [5.74, 6) is -0.642. The largest absolute Gasteiger partial charge is 0.327 e. The van der Waals surface area contributed by atoms with Crippen LogP contribution < -0.4 is 10.9 Å². The second-order valence-electron chi connectivity index (χ2n) is 3.80. The van der Waals surface area contributed by atoms with Crippen LogP contribution in [0.4, 0.5) is 10.1 Å². The number of hydrogen-bond acceptors (Lipinski definition) is 2. The predicted octanol–water partition coefficient (Wildman–Crippen LogP) is 1.70. The second-order valence-corrected chi connectivity index (χ2v) is 3.80. The Balaban J connectivity index is 2.01. The van der Waals surface area contributed by atoms with E-state index in [0.29, 0.717) is 11.3 Å². The van der Waals surface area contributed by atoms with E-state index in [4.69, 9.17) is 0 Å². The van der Waals surface area contributed by atoms with Crippen LogP contribution in [0, 0.1) is 5.82 Å². The summed E-state index contributed by atoms with van der Waals surface area (Å²) < 4.78 is 12.9. The van der Waals surface area contributed by atoms with Crippen LogP contribution in [-0.4, -0.2) is 10.9 Å². The molecule has 4 nitrogen and oxygen atoms in total. The Morgan fingerprint density at radius 1 is 1.28 bits per heavy atom.